The number of aromatic nitrogens is 2. The van der Waals surface area contributed by atoms with E-state index < -0.39 is 5.60 Å². The second kappa shape index (κ2) is 7.17. The van der Waals surface area contributed by atoms with Gasteiger partial charge in [-0.25, -0.2) is 0 Å². The normalized spacial score (nSPS) is 46.5. The highest BCUT2D eigenvalue weighted by Crippen LogP contribution is 2.68. The molecule has 0 unspecified atom stereocenters. The minimum absolute atomic E-state index is 0.104. The van der Waals surface area contributed by atoms with E-state index in [1.54, 1.807) is 16.9 Å². The summed E-state index contributed by atoms with van der Waals surface area (Å²) < 4.78 is 1.64. The smallest absolute Gasteiger partial charge is 0.162 e. The number of fused-ring (bicyclic) bond motifs is 5. The molecule has 4 fully saturated rings. The molecule has 4 aliphatic rings. The molecule has 0 radical (unpaired) electrons. The minimum atomic E-state index is -0.483. The van der Waals surface area contributed by atoms with Gasteiger partial charge in [0.25, 0.3) is 0 Å². The van der Waals surface area contributed by atoms with Crippen LogP contribution in [0.1, 0.15) is 84.3 Å². The lowest BCUT2D eigenvalue weighted by Gasteiger charge is -2.61. The van der Waals surface area contributed by atoms with Crippen LogP contribution in [0.5, 0.6) is 0 Å². The maximum atomic E-state index is 13.3. The molecule has 168 valence electrons. The monoisotopic (exact) mass is 423 g/mol. The third-order valence-corrected chi connectivity index (χ3v) is 10.4. The summed E-state index contributed by atoms with van der Waals surface area (Å²) in [4.78, 5) is 13.3. The predicted molar refractivity (Wildman–Crippen MR) is 118 cm³/mol. The first-order valence-corrected chi connectivity index (χ1v) is 12.3. The summed E-state index contributed by atoms with van der Waals surface area (Å²) in [6, 6.07) is 3.73. The number of nitrogens with zero attached hydrogens (tertiary/aromatic N) is 3. The van der Waals surface area contributed by atoms with Crippen LogP contribution < -0.4 is 0 Å². The van der Waals surface area contributed by atoms with Crippen LogP contribution in [-0.2, 0) is 11.3 Å². The maximum absolute atomic E-state index is 13.3. The standard InChI is InChI=1S/C26H37N3O2/c1-24(31)11-12-25(2)17(14-24)4-5-19-20-6-7-22(26(20,3)10-8-21(19)25)23(30)16-29-13-9-18(15-27)28-29/h9,13,17,19-22,31H,4-8,10-12,14,16H2,1-3H3/t17-,19+,20+,21+,22+,24-,25+,26+/m1/s1. The van der Waals surface area contributed by atoms with Gasteiger partial charge in [-0.2, -0.15) is 10.4 Å². The van der Waals surface area contributed by atoms with E-state index in [2.05, 4.69) is 18.9 Å². The SMILES string of the molecule is C[C@@]1(O)CC[C@@]2(C)[C@H](CC[C@@H]3[C@@H]2CC[C@]2(C)[C@H](C(=O)Cn4ccc(C#N)n4)CC[C@@H]32)C1. The molecule has 0 aliphatic heterocycles. The van der Waals surface area contributed by atoms with Gasteiger partial charge in [0.05, 0.1) is 12.1 Å². The van der Waals surface area contributed by atoms with Crippen molar-refractivity contribution in [3.63, 3.8) is 0 Å². The summed E-state index contributed by atoms with van der Waals surface area (Å²) in [5.74, 6) is 3.19. The van der Waals surface area contributed by atoms with Crippen molar-refractivity contribution in [3.8, 4) is 6.07 Å². The number of carbonyl (C=O) groups is 1. The second-order valence-electron chi connectivity index (χ2n) is 12.0. The quantitative estimate of drug-likeness (QED) is 0.762. The second-order valence-corrected chi connectivity index (χ2v) is 12.0. The van der Waals surface area contributed by atoms with Crippen molar-refractivity contribution >= 4 is 5.78 Å². The van der Waals surface area contributed by atoms with Crippen LogP contribution in [0, 0.1) is 51.8 Å². The summed E-state index contributed by atoms with van der Waals surface area (Å²) in [6.45, 7) is 7.24. The fraction of sp³-hybridized carbons (Fsp3) is 0.808. The van der Waals surface area contributed by atoms with Crippen LogP contribution in [0.25, 0.3) is 0 Å². The summed E-state index contributed by atoms with van der Waals surface area (Å²) in [5.41, 5.74) is 0.355. The molecule has 31 heavy (non-hydrogen) atoms. The van der Waals surface area contributed by atoms with Crippen molar-refractivity contribution in [2.24, 2.45) is 40.4 Å². The van der Waals surface area contributed by atoms with Crippen LogP contribution in [0.3, 0.4) is 0 Å². The third kappa shape index (κ3) is 3.28. The van der Waals surface area contributed by atoms with Gasteiger partial charge in [-0.3, -0.25) is 9.48 Å². The average molecular weight is 424 g/mol. The van der Waals surface area contributed by atoms with Gasteiger partial charge in [-0.15, -0.1) is 0 Å². The first-order valence-electron chi connectivity index (χ1n) is 12.3. The van der Waals surface area contributed by atoms with Crippen molar-refractivity contribution in [2.45, 2.75) is 90.7 Å². The van der Waals surface area contributed by atoms with Gasteiger partial charge in [-0.05, 0) is 105 Å². The molecule has 0 spiro atoms. The Balaban J connectivity index is 1.34. The molecule has 1 N–H and O–H groups in total. The Hall–Kier alpha value is -1.67. The van der Waals surface area contributed by atoms with Crippen LogP contribution in [0.15, 0.2) is 12.3 Å². The Bertz CT molecular complexity index is 914. The first-order chi connectivity index (χ1) is 14.7. The summed E-state index contributed by atoms with van der Waals surface area (Å²) >= 11 is 0. The number of carbonyl (C=O) groups excluding carboxylic acids is 1. The Morgan fingerprint density at radius 2 is 1.90 bits per heavy atom. The highest BCUT2D eigenvalue weighted by molar-refractivity contribution is 5.82. The molecule has 5 nitrogen and oxygen atoms in total. The molecule has 5 heteroatoms. The number of ketones is 1. The van der Waals surface area contributed by atoms with Crippen molar-refractivity contribution in [1.29, 1.82) is 5.26 Å². The number of Topliss-reactive ketones (excluding diaryl/α,β-unsaturated/α-hetero) is 1. The predicted octanol–water partition coefficient (Wildman–Crippen LogP) is 4.73. The fourth-order valence-electron chi connectivity index (χ4n) is 8.74. The Morgan fingerprint density at radius 1 is 1.13 bits per heavy atom. The molecule has 1 aromatic heterocycles. The number of nitriles is 1. The lowest BCUT2D eigenvalue weighted by Crippen LogP contribution is -2.55. The van der Waals surface area contributed by atoms with Gasteiger partial charge in [0.15, 0.2) is 11.5 Å². The highest BCUT2D eigenvalue weighted by Gasteiger charge is 2.61. The van der Waals surface area contributed by atoms with E-state index in [1.165, 1.54) is 25.7 Å². The highest BCUT2D eigenvalue weighted by atomic mass is 16.3. The minimum Gasteiger partial charge on any atom is -0.390 e. The van der Waals surface area contributed by atoms with Crippen LogP contribution in [-0.4, -0.2) is 26.3 Å². The fourth-order valence-corrected chi connectivity index (χ4v) is 8.74. The molecule has 1 heterocycles. The van der Waals surface area contributed by atoms with Gasteiger partial charge in [0.2, 0.25) is 0 Å². The Labute approximate surface area is 186 Å². The average Bonchev–Trinajstić information content (AvgIpc) is 3.31. The van der Waals surface area contributed by atoms with E-state index in [9.17, 15) is 9.90 Å². The van der Waals surface area contributed by atoms with E-state index in [-0.39, 0.29) is 17.9 Å². The molecule has 8 atom stereocenters. The van der Waals surface area contributed by atoms with Gasteiger partial charge >= 0.3 is 0 Å². The molecular weight excluding hydrogens is 386 g/mol. The van der Waals surface area contributed by atoms with E-state index >= 15 is 0 Å². The zero-order valence-corrected chi connectivity index (χ0v) is 19.3. The van der Waals surface area contributed by atoms with Crippen LogP contribution >= 0.6 is 0 Å². The molecule has 0 bridgehead atoms. The van der Waals surface area contributed by atoms with E-state index in [4.69, 9.17) is 5.26 Å². The number of hydrogen-bond acceptors (Lipinski definition) is 4. The van der Waals surface area contributed by atoms with E-state index in [1.807, 2.05) is 13.0 Å². The zero-order valence-electron chi connectivity index (χ0n) is 19.3. The largest absolute Gasteiger partial charge is 0.390 e. The lowest BCUT2D eigenvalue weighted by molar-refractivity contribution is -0.151. The van der Waals surface area contributed by atoms with E-state index in [0.717, 1.165) is 43.9 Å². The van der Waals surface area contributed by atoms with Crippen LogP contribution in [0.2, 0.25) is 0 Å². The molecule has 4 aliphatic carbocycles. The topological polar surface area (TPSA) is 78.9 Å². The number of hydrogen-bond donors (Lipinski definition) is 1. The summed E-state index contributed by atoms with van der Waals surface area (Å²) in [7, 11) is 0. The number of aliphatic hydroxyl groups is 1. The summed E-state index contributed by atoms with van der Waals surface area (Å²) in [6.07, 6.45) is 11.9. The maximum Gasteiger partial charge on any atom is 0.162 e. The Morgan fingerprint density at radius 3 is 2.65 bits per heavy atom. The van der Waals surface area contributed by atoms with E-state index in [0.29, 0.717) is 28.7 Å². The molecule has 0 aromatic carbocycles. The van der Waals surface area contributed by atoms with Gasteiger partial charge in [-0.1, -0.05) is 13.8 Å². The molecule has 0 amide bonds. The van der Waals surface area contributed by atoms with Crippen molar-refractivity contribution in [3.05, 3.63) is 18.0 Å². The summed E-state index contributed by atoms with van der Waals surface area (Å²) in [5, 5.41) is 23.9. The number of rotatable bonds is 3. The molecule has 4 saturated carbocycles. The van der Waals surface area contributed by atoms with Crippen molar-refractivity contribution in [1.82, 2.24) is 9.78 Å². The molecule has 1 aromatic rings. The third-order valence-electron chi connectivity index (χ3n) is 10.4. The zero-order chi connectivity index (χ0) is 22.0. The Kier molecular flexibility index (Phi) is 4.90. The lowest BCUT2D eigenvalue weighted by atomic mass is 9.44. The van der Waals surface area contributed by atoms with Gasteiger partial charge in [0, 0.05) is 12.1 Å². The van der Waals surface area contributed by atoms with Gasteiger partial charge < -0.3 is 5.11 Å². The van der Waals surface area contributed by atoms with Crippen molar-refractivity contribution < 1.29 is 9.90 Å². The van der Waals surface area contributed by atoms with Gasteiger partial charge in [0.1, 0.15) is 6.07 Å². The molecule has 0 saturated heterocycles. The van der Waals surface area contributed by atoms with Crippen LogP contribution in [0.4, 0.5) is 0 Å². The molecule has 5 rings (SSSR count). The first kappa shape index (κ1) is 21.2. The van der Waals surface area contributed by atoms with Crippen molar-refractivity contribution in [2.75, 3.05) is 0 Å². The molecular formula is C26H37N3O2.